The predicted molar refractivity (Wildman–Crippen MR) is 81.4 cm³/mol. The van der Waals surface area contributed by atoms with Crippen LogP contribution in [0.1, 0.15) is 31.2 Å². The quantitative estimate of drug-likeness (QED) is 0.865. The molecule has 0 saturated carbocycles. The van der Waals surface area contributed by atoms with Crippen LogP contribution in [0.25, 0.3) is 0 Å². The number of ether oxygens (including phenoxy) is 2. The molecule has 6 nitrogen and oxygen atoms in total. The van der Waals surface area contributed by atoms with E-state index in [1.165, 1.54) is 0 Å². The first-order valence-electron chi connectivity index (χ1n) is 7.45. The number of methoxy groups -OCH3 is 2. The van der Waals surface area contributed by atoms with Gasteiger partial charge in [0.25, 0.3) is 0 Å². The van der Waals surface area contributed by atoms with Gasteiger partial charge in [-0.3, -0.25) is 0 Å². The molecule has 0 aromatic heterocycles. The average molecular weight is 307 g/mol. The van der Waals surface area contributed by atoms with Gasteiger partial charge in [-0.15, -0.1) is 0 Å². The number of amides is 3. The summed E-state index contributed by atoms with van der Waals surface area (Å²) in [6.07, 6.45) is 2.99. The Morgan fingerprint density at radius 3 is 2.55 bits per heavy atom. The van der Waals surface area contributed by atoms with Crippen LogP contribution in [0.3, 0.4) is 0 Å². The van der Waals surface area contributed by atoms with E-state index in [1.54, 1.807) is 26.4 Å². The summed E-state index contributed by atoms with van der Waals surface area (Å²) in [5.74, 6) is 1.09. The molecule has 1 saturated heterocycles. The van der Waals surface area contributed by atoms with Crippen LogP contribution in [0.4, 0.5) is 4.79 Å². The van der Waals surface area contributed by atoms with Gasteiger partial charge in [-0.25, -0.2) is 9.59 Å². The van der Waals surface area contributed by atoms with E-state index in [0.29, 0.717) is 24.5 Å². The Bertz CT molecular complexity index is 573. The fourth-order valence-electron chi connectivity index (χ4n) is 2.94. The van der Waals surface area contributed by atoms with E-state index in [2.05, 4.69) is 0 Å². The lowest BCUT2D eigenvalue weighted by Gasteiger charge is -2.30. The number of imide groups is 1. The van der Waals surface area contributed by atoms with Crippen LogP contribution in [-0.2, 0) is 11.3 Å². The van der Waals surface area contributed by atoms with Gasteiger partial charge in [0.2, 0.25) is 0 Å². The van der Waals surface area contributed by atoms with E-state index in [9.17, 15) is 9.59 Å². The van der Waals surface area contributed by atoms with Gasteiger partial charge < -0.3 is 15.2 Å². The first-order valence-corrected chi connectivity index (χ1v) is 7.45. The van der Waals surface area contributed by atoms with Crippen molar-refractivity contribution in [2.45, 2.75) is 32.2 Å². The SMILES string of the molecule is COc1ccc(C[N+]2(C(N)=O)CCCCCC2=O)cc1OC. The number of hydrogen-bond acceptors (Lipinski definition) is 4. The van der Waals surface area contributed by atoms with Crippen LogP contribution in [0.15, 0.2) is 18.2 Å². The number of primary amides is 1. The molecule has 1 aliphatic heterocycles. The normalized spacial score (nSPS) is 22.0. The Labute approximate surface area is 130 Å². The molecule has 0 spiro atoms. The number of carbonyl (C=O) groups excluding carboxylic acids is 2. The van der Waals surface area contributed by atoms with Gasteiger partial charge in [0.1, 0.15) is 6.54 Å². The Hall–Kier alpha value is -2.08. The second kappa shape index (κ2) is 6.79. The third-order valence-corrected chi connectivity index (χ3v) is 4.23. The maximum atomic E-state index is 12.5. The molecule has 22 heavy (non-hydrogen) atoms. The fraction of sp³-hybridized carbons (Fsp3) is 0.500. The van der Waals surface area contributed by atoms with Crippen LogP contribution in [-0.4, -0.2) is 37.2 Å². The van der Waals surface area contributed by atoms with Gasteiger partial charge in [0.05, 0.1) is 27.2 Å². The summed E-state index contributed by atoms with van der Waals surface area (Å²) >= 11 is 0. The van der Waals surface area contributed by atoms with Gasteiger partial charge in [-0.05, 0) is 37.5 Å². The maximum Gasteiger partial charge on any atom is 0.421 e. The summed E-state index contributed by atoms with van der Waals surface area (Å²) in [5, 5.41) is 0. The zero-order valence-corrected chi connectivity index (χ0v) is 13.1. The van der Waals surface area contributed by atoms with Crippen molar-refractivity contribution in [3.63, 3.8) is 0 Å². The average Bonchev–Trinajstić information content (AvgIpc) is 2.70. The van der Waals surface area contributed by atoms with Crippen LogP contribution in [0.2, 0.25) is 0 Å². The molecule has 1 atom stereocenters. The summed E-state index contributed by atoms with van der Waals surface area (Å²) in [5.41, 5.74) is 6.42. The molecular formula is C16H23N2O4+. The first kappa shape index (κ1) is 16.3. The highest BCUT2D eigenvalue weighted by Gasteiger charge is 2.43. The zero-order valence-electron chi connectivity index (χ0n) is 13.1. The number of benzene rings is 1. The molecule has 1 aromatic carbocycles. The summed E-state index contributed by atoms with van der Waals surface area (Å²) in [6.45, 7) is 0.719. The van der Waals surface area contributed by atoms with E-state index in [1.807, 2.05) is 6.07 Å². The van der Waals surface area contributed by atoms with Crippen molar-refractivity contribution in [2.75, 3.05) is 20.8 Å². The fourth-order valence-corrected chi connectivity index (χ4v) is 2.94. The Kier molecular flexibility index (Phi) is 5.03. The molecule has 0 bridgehead atoms. The Morgan fingerprint density at radius 1 is 1.18 bits per heavy atom. The monoisotopic (exact) mass is 307 g/mol. The second-order valence-corrected chi connectivity index (χ2v) is 5.58. The Morgan fingerprint density at radius 2 is 1.91 bits per heavy atom. The minimum absolute atomic E-state index is 0.0974. The van der Waals surface area contributed by atoms with Crippen molar-refractivity contribution in [3.8, 4) is 11.5 Å². The van der Waals surface area contributed by atoms with Gasteiger partial charge in [0, 0.05) is 5.56 Å². The minimum atomic E-state index is -0.582. The standard InChI is InChI=1S/C16H22N2O4/c1-21-13-8-7-12(10-14(13)22-2)11-18(16(17)20)9-5-3-4-6-15(18)19/h7-8,10H,3-6,9,11H2,1-2H3,(H-,17,20)/p+1. The van der Waals surface area contributed by atoms with E-state index >= 15 is 0 Å². The number of rotatable bonds is 4. The van der Waals surface area contributed by atoms with E-state index < -0.39 is 6.03 Å². The Balaban J connectivity index is 2.35. The van der Waals surface area contributed by atoms with Crippen molar-refractivity contribution in [3.05, 3.63) is 23.8 Å². The van der Waals surface area contributed by atoms with Gasteiger partial charge in [-0.1, -0.05) is 0 Å². The zero-order chi connectivity index (χ0) is 16.2. The third-order valence-electron chi connectivity index (χ3n) is 4.23. The lowest BCUT2D eigenvalue weighted by Crippen LogP contribution is -2.58. The minimum Gasteiger partial charge on any atom is -0.493 e. The number of nitrogens with two attached hydrogens (primary N) is 1. The number of hydrogen-bond donors (Lipinski definition) is 1. The lowest BCUT2D eigenvalue weighted by molar-refractivity contribution is -0.786. The highest BCUT2D eigenvalue weighted by atomic mass is 16.5. The van der Waals surface area contributed by atoms with Crippen LogP contribution < -0.4 is 15.2 Å². The van der Waals surface area contributed by atoms with Crippen molar-refractivity contribution in [2.24, 2.45) is 5.73 Å². The van der Waals surface area contributed by atoms with Crippen LogP contribution in [0.5, 0.6) is 11.5 Å². The van der Waals surface area contributed by atoms with E-state index in [-0.39, 0.29) is 16.9 Å². The molecule has 1 aliphatic rings. The molecule has 1 aromatic rings. The summed E-state index contributed by atoms with van der Waals surface area (Å²) in [6, 6.07) is 4.82. The molecule has 120 valence electrons. The molecule has 1 heterocycles. The summed E-state index contributed by atoms with van der Waals surface area (Å²) in [4.78, 5) is 24.5. The highest BCUT2D eigenvalue weighted by molar-refractivity contribution is 5.83. The topological polar surface area (TPSA) is 78.6 Å². The highest BCUT2D eigenvalue weighted by Crippen LogP contribution is 2.30. The third kappa shape index (κ3) is 3.06. The summed E-state index contributed by atoms with van der Waals surface area (Å²) in [7, 11) is 3.12. The van der Waals surface area contributed by atoms with Gasteiger partial charge in [-0.2, -0.15) is 4.48 Å². The smallest absolute Gasteiger partial charge is 0.421 e. The van der Waals surface area contributed by atoms with Crippen molar-refractivity contribution in [1.29, 1.82) is 0 Å². The van der Waals surface area contributed by atoms with E-state index in [0.717, 1.165) is 24.8 Å². The molecule has 3 amide bonds. The lowest BCUT2D eigenvalue weighted by atomic mass is 10.1. The first-order chi connectivity index (χ1) is 10.5. The van der Waals surface area contributed by atoms with E-state index in [4.69, 9.17) is 15.2 Å². The maximum absolute atomic E-state index is 12.5. The molecule has 1 fully saturated rings. The van der Waals surface area contributed by atoms with Crippen molar-refractivity contribution < 1.29 is 23.5 Å². The second-order valence-electron chi connectivity index (χ2n) is 5.58. The molecule has 2 rings (SSSR count). The van der Waals surface area contributed by atoms with Crippen molar-refractivity contribution >= 4 is 11.9 Å². The van der Waals surface area contributed by atoms with Gasteiger partial charge >= 0.3 is 11.9 Å². The largest absolute Gasteiger partial charge is 0.493 e. The number of carbonyl (C=O) groups is 2. The number of quaternary nitrogens is 1. The van der Waals surface area contributed by atoms with Crippen molar-refractivity contribution in [1.82, 2.24) is 0 Å². The molecule has 0 aliphatic carbocycles. The van der Waals surface area contributed by atoms with Crippen LogP contribution in [0, 0.1) is 0 Å². The molecular weight excluding hydrogens is 284 g/mol. The molecule has 1 unspecified atom stereocenters. The molecule has 0 radical (unpaired) electrons. The predicted octanol–water partition coefficient (Wildman–Crippen LogP) is 2.20. The summed E-state index contributed by atoms with van der Waals surface area (Å²) < 4.78 is 10.2. The molecule has 2 N–H and O–H groups in total. The number of urea groups is 1. The number of likely N-dealkylation sites (tertiary alicyclic amines) is 1. The van der Waals surface area contributed by atoms with Gasteiger partial charge in [0.15, 0.2) is 11.5 Å². The van der Waals surface area contributed by atoms with Crippen LogP contribution >= 0.6 is 0 Å². The molecule has 6 heteroatoms. The number of nitrogens with zero attached hydrogens (tertiary/aromatic N) is 1.